The second-order valence-electron chi connectivity index (χ2n) is 7.72. The molecular weight excluding hydrogens is 246 g/mol. The molecule has 4 aliphatic carbocycles. The fourth-order valence-electron chi connectivity index (χ4n) is 6.09. The number of rotatable bonds is 4. The van der Waals surface area contributed by atoms with Gasteiger partial charge in [0.15, 0.2) is 0 Å². The summed E-state index contributed by atoms with van der Waals surface area (Å²) in [6, 6.07) is 4.95. The zero-order valence-electron chi connectivity index (χ0n) is 12.7. The van der Waals surface area contributed by atoms with Crippen LogP contribution >= 0.6 is 0 Å². The lowest BCUT2D eigenvalue weighted by Crippen LogP contribution is -2.63. The molecule has 1 atom stereocenters. The molecule has 20 heavy (non-hydrogen) atoms. The molecular formula is C17H25N3. The first-order valence-electron chi connectivity index (χ1n) is 8.01. The Labute approximate surface area is 122 Å². The quantitative estimate of drug-likeness (QED) is 0.788. The SMILES string of the molecule is CN(C)C(C#N)(CCC#N)C12CC3CC(CC(C3)C1)C2. The van der Waals surface area contributed by atoms with Crippen molar-refractivity contribution < 1.29 is 0 Å². The van der Waals surface area contributed by atoms with Crippen LogP contribution in [0.4, 0.5) is 0 Å². The van der Waals surface area contributed by atoms with Crippen LogP contribution in [-0.4, -0.2) is 24.5 Å². The molecule has 0 spiro atoms. The number of hydrogen-bond acceptors (Lipinski definition) is 3. The minimum Gasteiger partial charge on any atom is -0.291 e. The van der Waals surface area contributed by atoms with Crippen LogP contribution in [0, 0.1) is 45.8 Å². The zero-order chi connectivity index (χ0) is 14.4. The van der Waals surface area contributed by atoms with Crippen molar-refractivity contribution in [3.05, 3.63) is 0 Å². The highest BCUT2D eigenvalue weighted by Crippen LogP contribution is 2.65. The van der Waals surface area contributed by atoms with Gasteiger partial charge in [0.2, 0.25) is 0 Å². The molecule has 4 aliphatic rings. The highest BCUT2D eigenvalue weighted by Gasteiger charge is 2.61. The molecule has 0 radical (unpaired) electrons. The number of nitrogens with zero attached hydrogens (tertiary/aromatic N) is 3. The van der Waals surface area contributed by atoms with E-state index in [0.717, 1.165) is 17.8 Å². The van der Waals surface area contributed by atoms with Crippen LogP contribution in [0.25, 0.3) is 0 Å². The summed E-state index contributed by atoms with van der Waals surface area (Å²) in [5, 5.41) is 19.0. The maximum absolute atomic E-state index is 10.0. The van der Waals surface area contributed by atoms with E-state index in [-0.39, 0.29) is 5.41 Å². The molecule has 0 aromatic heterocycles. The predicted molar refractivity (Wildman–Crippen MR) is 77.5 cm³/mol. The van der Waals surface area contributed by atoms with Crippen molar-refractivity contribution in [2.24, 2.45) is 23.2 Å². The molecule has 0 saturated heterocycles. The largest absolute Gasteiger partial charge is 0.291 e. The van der Waals surface area contributed by atoms with Crippen molar-refractivity contribution in [2.45, 2.75) is 56.9 Å². The Balaban J connectivity index is 1.98. The Morgan fingerprint density at radius 2 is 1.55 bits per heavy atom. The highest BCUT2D eigenvalue weighted by molar-refractivity contribution is 5.22. The van der Waals surface area contributed by atoms with Crippen molar-refractivity contribution in [3.63, 3.8) is 0 Å². The molecule has 0 aliphatic heterocycles. The lowest BCUT2D eigenvalue weighted by atomic mass is 9.44. The van der Waals surface area contributed by atoms with Gasteiger partial charge in [0.25, 0.3) is 0 Å². The van der Waals surface area contributed by atoms with E-state index >= 15 is 0 Å². The third-order valence-electron chi connectivity index (χ3n) is 6.46. The zero-order valence-corrected chi connectivity index (χ0v) is 12.7. The van der Waals surface area contributed by atoms with Gasteiger partial charge in [-0.05, 0) is 76.8 Å². The van der Waals surface area contributed by atoms with Gasteiger partial charge in [-0.2, -0.15) is 10.5 Å². The van der Waals surface area contributed by atoms with Crippen molar-refractivity contribution in [2.75, 3.05) is 14.1 Å². The summed E-state index contributed by atoms with van der Waals surface area (Å²) in [6.45, 7) is 0. The summed E-state index contributed by atoms with van der Waals surface area (Å²) in [6.07, 6.45) is 9.04. The van der Waals surface area contributed by atoms with E-state index in [1.807, 2.05) is 14.1 Å². The minimum atomic E-state index is -0.432. The maximum atomic E-state index is 10.0. The third-order valence-corrected chi connectivity index (χ3v) is 6.46. The van der Waals surface area contributed by atoms with E-state index in [1.54, 1.807) is 0 Å². The first kappa shape index (κ1) is 13.9. The molecule has 108 valence electrons. The van der Waals surface area contributed by atoms with Gasteiger partial charge in [-0.25, -0.2) is 0 Å². The summed E-state index contributed by atoms with van der Waals surface area (Å²) >= 11 is 0. The Morgan fingerprint density at radius 3 is 1.90 bits per heavy atom. The van der Waals surface area contributed by atoms with Crippen LogP contribution in [0.3, 0.4) is 0 Å². The summed E-state index contributed by atoms with van der Waals surface area (Å²) in [5.41, 5.74) is -0.282. The van der Waals surface area contributed by atoms with Crippen molar-refractivity contribution in [3.8, 4) is 12.1 Å². The van der Waals surface area contributed by atoms with Crippen LogP contribution in [-0.2, 0) is 0 Å². The van der Waals surface area contributed by atoms with Crippen LogP contribution in [0.1, 0.15) is 51.4 Å². The molecule has 0 aromatic rings. The van der Waals surface area contributed by atoms with Gasteiger partial charge in [-0.3, -0.25) is 4.90 Å². The first-order valence-corrected chi connectivity index (χ1v) is 8.01. The summed E-state index contributed by atoms with van der Waals surface area (Å²) in [4.78, 5) is 2.14. The van der Waals surface area contributed by atoms with Gasteiger partial charge in [0.05, 0.1) is 12.1 Å². The van der Waals surface area contributed by atoms with E-state index in [2.05, 4.69) is 17.0 Å². The molecule has 4 bridgehead atoms. The second-order valence-corrected chi connectivity index (χ2v) is 7.72. The van der Waals surface area contributed by atoms with Crippen LogP contribution in [0.5, 0.6) is 0 Å². The van der Waals surface area contributed by atoms with Crippen molar-refractivity contribution in [1.29, 1.82) is 10.5 Å². The highest BCUT2D eigenvalue weighted by atomic mass is 15.2. The smallest absolute Gasteiger partial charge is 0.115 e. The molecule has 4 rings (SSSR count). The van der Waals surface area contributed by atoms with Gasteiger partial charge in [0.1, 0.15) is 5.54 Å². The monoisotopic (exact) mass is 271 g/mol. The lowest BCUT2D eigenvalue weighted by Gasteiger charge is -2.63. The lowest BCUT2D eigenvalue weighted by molar-refractivity contribution is -0.120. The summed E-state index contributed by atoms with van der Waals surface area (Å²) < 4.78 is 0. The van der Waals surface area contributed by atoms with Gasteiger partial charge < -0.3 is 0 Å². The van der Waals surface area contributed by atoms with Crippen LogP contribution in [0.2, 0.25) is 0 Å². The summed E-state index contributed by atoms with van der Waals surface area (Å²) in [5.74, 6) is 2.53. The molecule has 0 aromatic carbocycles. The molecule has 0 amide bonds. The minimum absolute atomic E-state index is 0.150. The number of hydrogen-bond donors (Lipinski definition) is 0. The van der Waals surface area contributed by atoms with Crippen molar-refractivity contribution in [1.82, 2.24) is 4.90 Å². The topological polar surface area (TPSA) is 50.8 Å². The van der Waals surface area contributed by atoms with E-state index < -0.39 is 5.54 Å². The molecule has 3 nitrogen and oxygen atoms in total. The molecule has 3 heteroatoms. The van der Waals surface area contributed by atoms with Crippen LogP contribution < -0.4 is 0 Å². The Hall–Kier alpha value is -1.06. The number of nitriles is 2. The Morgan fingerprint density at radius 1 is 1.05 bits per heavy atom. The first-order chi connectivity index (χ1) is 9.55. The average molecular weight is 271 g/mol. The van der Waals surface area contributed by atoms with Gasteiger partial charge >= 0.3 is 0 Å². The Bertz CT molecular complexity index is 432. The molecule has 0 heterocycles. The standard InChI is InChI=1S/C17H25N3/c1-20(2)17(12-19,4-3-5-18)16-9-13-6-14(10-16)8-15(7-13)11-16/h13-15H,3-4,6-11H2,1-2H3. The van der Waals surface area contributed by atoms with Gasteiger partial charge in [0, 0.05) is 11.8 Å². The summed E-state index contributed by atoms with van der Waals surface area (Å²) in [7, 11) is 4.08. The van der Waals surface area contributed by atoms with Gasteiger partial charge in [-0.1, -0.05) is 0 Å². The van der Waals surface area contributed by atoms with Crippen molar-refractivity contribution >= 4 is 0 Å². The average Bonchev–Trinajstić information content (AvgIpc) is 2.37. The molecule has 0 N–H and O–H groups in total. The van der Waals surface area contributed by atoms with E-state index in [1.165, 1.54) is 38.5 Å². The maximum Gasteiger partial charge on any atom is 0.115 e. The van der Waals surface area contributed by atoms with Gasteiger partial charge in [-0.15, -0.1) is 0 Å². The molecule has 1 unspecified atom stereocenters. The van der Waals surface area contributed by atoms with E-state index in [9.17, 15) is 5.26 Å². The third kappa shape index (κ3) is 1.80. The fraction of sp³-hybridized carbons (Fsp3) is 0.882. The molecule has 4 fully saturated rings. The molecule has 4 saturated carbocycles. The van der Waals surface area contributed by atoms with Crippen LogP contribution in [0.15, 0.2) is 0 Å². The Kier molecular flexibility index (Phi) is 3.30. The van der Waals surface area contributed by atoms with E-state index in [4.69, 9.17) is 5.26 Å². The van der Waals surface area contributed by atoms with E-state index in [0.29, 0.717) is 12.8 Å². The normalized spacial score (nSPS) is 41.1. The fourth-order valence-corrected chi connectivity index (χ4v) is 6.09. The predicted octanol–water partition coefficient (Wildman–Crippen LogP) is 3.33. The second kappa shape index (κ2) is 4.74.